The normalized spacial score (nSPS) is 25.0. The lowest BCUT2D eigenvalue weighted by atomic mass is 10.0. The molecule has 2 heterocycles. The molecular formula is C25H25F7N4O2. The molecule has 3 aliphatic rings. The summed E-state index contributed by atoms with van der Waals surface area (Å²) in [6.45, 7) is 2.83. The van der Waals surface area contributed by atoms with Crippen molar-refractivity contribution < 1.29 is 35.5 Å². The molecule has 3 fully saturated rings. The highest BCUT2D eigenvalue weighted by Gasteiger charge is 2.65. The summed E-state index contributed by atoms with van der Waals surface area (Å²) in [5, 5.41) is 5.50. The van der Waals surface area contributed by atoms with E-state index in [9.17, 15) is 40.3 Å². The van der Waals surface area contributed by atoms with Gasteiger partial charge in [0.25, 0.3) is 11.5 Å². The van der Waals surface area contributed by atoms with E-state index in [1.165, 1.54) is 6.92 Å². The number of aromatic nitrogens is 1. The Morgan fingerprint density at radius 3 is 2.29 bits per heavy atom. The summed E-state index contributed by atoms with van der Waals surface area (Å²) in [5.41, 5.74) is -5.55. The van der Waals surface area contributed by atoms with Crippen molar-refractivity contribution in [1.82, 2.24) is 14.8 Å². The van der Waals surface area contributed by atoms with Gasteiger partial charge in [0.1, 0.15) is 11.4 Å². The molecule has 38 heavy (non-hydrogen) atoms. The van der Waals surface area contributed by atoms with Crippen LogP contribution in [0.5, 0.6) is 0 Å². The van der Waals surface area contributed by atoms with Crippen LogP contribution in [0.2, 0.25) is 0 Å². The second kappa shape index (κ2) is 8.72. The molecule has 0 unspecified atom stereocenters. The van der Waals surface area contributed by atoms with Crippen molar-refractivity contribution in [3.05, 3.63) is 63.3 Å². The van der Waals surface area contributed by atoms with Crippen LogP contribution in [-0.4, -0.2) is 47.7 Å². The summed E-state index contributed by atoms with van der Waals surface area (Å²) in [6.07, 6.45) is -9.49. The maximum atomic E-state index is 14.6. The van der Waals surface area contributed by atoms with Gasteiger partial charge in [-0.15, -0.1) is 0 Å². The molecular weight excluding hydrogens is 521 g/mol. The number of likely N-dealkylation sites (tertiary alicyclic amines) is 1. The molecule has 2 saturated carbocycles. The second-order valence-corrected chi connectivity index (χ2v) is 10.5. The first-order valence-electron chi connectivity index (χ1n) is 12.1. The van der Waals surface area contributed by atoms with E-state index in [-0.39, 0.29) is 42.0 Å². The number of hydrogen-bond acceptors (Lipinski definition) is 4. The van der Waals surface area contributed by atoms with Gasteiger partial charge < -0.3 is 15.5 Å². The SMILES string of the molecule is C[C@@H](NC(=O)c1cn(C2(C(F)(F)F)CC2)c(=O)cc1N[C@@H]1[C@@H]2CN(C)C[C@@H]21)c1cccc(C(F)(F)F)c1F. The average Bonchev–Trinajstić information content (AvgIpc) is 3.69. The summed E-state index contributed by atoms with van der Waals surface area (Å²) in [6, 6.07) is 2.27. The molecule has 2 N–H and O–H groups in total. The van der Waals surface area contributed by atoms with Crippen LogP contribution in [0.1, 0.15) is 47.3 Å². The number of benzene rings is 1. The molecule has 5 rings (SSSR count). The lowest BCUT2D eigenvalue weighted by Crippen LogP contribution is -2.42. The number of fused-ring (bicyclic) bond motifs is 1. The molecule has 0 radical (unpaired) electrons. The number of alkyl halides is 6. The highest BCUT2D eigenvalue weighted by Crippen LogP contribution is 2.55. The summed E-state index contributed by atoms with van der Waals surface area (Å²) in [5.74, 6) is -2.01. The lowest BCUT2D eigenvalue weighted by Gasteiger charge is -2.25. The van der Waals surface area contributed by atoms with Crippen molar-refractivity contribution in [2.75, 3.05) is 25.5 Å². The number of rotatable bonds is 6. The van der Waals surface area contributed by atoms with Gasteiger partial charge in [-0.25, -0.2) is 4.39 Å². The first kappa shape index (κ1) is 26.5. The van der Waals surface area contributed by atoms with Crippen molar-refractivity contribution in [2.24, 2.45) is 11.8 Å². The molecule has 13 heteroatoms. The Morgan fingerprint density at radius 1 is 1.11 bits per heavy atom. The van der Waals surface area contributed by atoms with Crippen LogP contribution in [0.25, 0.3) is 0 Å². The fraction of sp³-hybridized carbons (Fsp3) is 0.520. The van der Waals surface area contributed by atoms with E-state index in [0.717, 1.165) is 37.5 Å². The van der Waals surface area contributed by atoms with Gasteiger partial charge in [0, 0.05) is 37.0 Å². The number of amides is 1. The van der Waals surface area contributed by atoms with E-state index in [4.69, 9.17) is 0 Å². The molecule has 0 bridgehead atoms. The molecule has 1 amide bonds. The molecule has 1 saturated heterocycles. The number of piperidine rings is 1. The molecule has 1 aliphatic heterocycles. The minimum atomic E-state index is -4.96. The molecule has 1 aromatic carbocycles. The molecule has 1 aromatic heterocycles. The van der Waals surface area contributed by atoms with Gasteiger partial charge in [-0.1, -0.05) is 12.1 Å². The Kier molecular flexibility index (Phi) is 6.08. The van der Waals surface area contributed by atoms with E-state index >= 15 is 0 Å². The third-order valence-corrected chi connectivity index (χ3v) is 7.86. The Labute approximate surface area is 212 Å². The lowest BCUT2D eigenvalue weighted by molar-refractivity contribution is -0.180. The maximum absolute atomic E-state index is 14.6. The highest BCUT2D eigenvalue weighted by atomic mass is 19.4. The number of halogens is 7. The van der Waals surface area contributed by atoms with Crippen LogP contribution >= 0.6 is 0 Å². The van der Waals surface area contributed by atoms with Gasteiger partial charge in [0.15, 0.2) is 0 Å². The minimum absolute atomic E-state index is 0.0282. The van der Waals surface area contributed by atoms with Gasteiger partial charge >= 0.3 is 12.4 Å². The van der Waals surface area contributed by atoms with Gasteiger partial charge in [-0.05, 0) is 44.7 Å². The average molecular weight is 546 g/mol. The van der Waals surface area contributed by atoms with Crippen LogP contribution in [0.3, 0.4) is 0 Å². The smallest absolute Gasteiger partial charge is 0.381 e. The van der Waals surface area contributed by atoms with E-state index in [1.54, 1.807) is 0 Å². The molecule has 206 valence electrons. The molecule has 6 nitrogen and oxygen atoms in total. The number of pyridine rings is 1. The molecule has 2 aliphatic carbocycles. The molecule has 0 spiro atoms. The van der Waals surface area contributed by atoms with E-state index in [1.807, 2.05) is 7.05 Å². The third kappa shape index (κ3) is 4.44. The number of nitrogens with one attached hydrogen (secondary N) is 2. The zero-order chi connectivity index (χ0) is 27.8. The van der Waals surface area contributed by atoms with Crippen molar-refractivity contribution in [2.45, 2.75) is 49.7 Å². The predicted octanol–water partition coefficient (Wildman–Crippen LogP) is 4.52. The number of nitrogens with zero attached hydrogens (tertiary/aromatic N) is 2. The van der Waals surface area contributed by atoms with Gasteiger partial charge in [-0.2, -0.15) is 26.3 Å². The second-order valence-electron chi connectivity index (χ2n) is 10.5. The molecule has 4 atom stereocenters. The largest absolute Gasteiger partial charge is 0.419 e. The van der Waals surface area contributed by atoms with Gasteiger partial charge in [0.2, 0.25) is 0 Å². The Morgan fingerprint density at radius 2 is 1.74 bits per heavy atom. The van der Waals surface area contributed by atoms with Crippen LogP contribution in [0.15, 0.2) is 35.3 Å². The number of anilines is 1. The van der Waals surface area contributed by atoms with Crippen molar-refractivity contribution in [3.8, 4) is 0 Å². The minimum Gasteiger partial charge on any atom is -0.381 e. The highest BCUT2D eigenvalue weighted by molar-refractivity contribution is 5.99. The van der Waals surface area contributed by atoms with Crippen LogP contribution < -0.4 is 16.2 Å². The van der Waals surface area contributed by atoms with Gasteiger partial charge in [0.05, 0.1) is 22.9 Å². The standard InChI is InChI=1S/C25H25F7N4O2/c1-12(13-4-3-5-17(20(13)26)24(27,28)29)33-22(38)16-11-36(23(6-7-23)25(30,31)32)19(37)8-18(16)34-21-14-9-35(2)10-15(14)21/h3-5,8,11-12,14-15,21,34H,6-7,9-10H2,1-2H3,(H,33,38)/t12-,14-,15+,21-/m1/s1. The number of hydrogen-bond donors (Lipinski definition) is 2. The van der Waals surface area contributed by atoms with Crippen LogP contribution in [0, 0.1) is 17.7 Å². The first-order chi connectivity index (χ1) is 17.6. The topological polar surface area (TPSA) is 66.4 Å². The van der Waals surface area contributed by atoms with Crippen molar-refractivity contribution in [1.29, 1.82) is 0 Å². The Hall–Kier alpha value is -3.09. The molecule has 2 aromatic rings. The zero-order valence-corrected chi connectivity index (χ0v) is 20.4. The quantitative estimate of drug-likeness (QED) is 0.523. The third-order valence-electron chi connectivity index (χ3n) is 7.86. The monoisotopic (exact) mass is 546 g/mol. The Balaban J connectivity index is 1.48. The summed E-state index contributed by atoms with van der Waals surface area (Å²) in [7, 11) is 1.95. The zero-order valence-electron chi connectivity index (χ0n) is 20.4. The van der Waals surface area contributed by atoms with Crippen LogP contribution in [0.4, 0.5) is 36.4 Å². The van der Waals surface area contributed by atoms with Gasteiger partial charge in [-0.3, -0.25) is 14.2 Å². The van der Waals surface area contributed by atoms with E-state index in [0.29, 0.717) is 10.6 Å². The fourth-order valence-corrected chi connectivity index (χ4v) is 5.53. The van der Waals surface area contributed by atoms with E-state index < -0.39 is 52.3 Å². The van der Waals surface area contributed by atoms with Crippen molar-refractivity contribution in [3.63, 3.8) is 0 Å². The van der Waals surface area contributed by atoms with Crippen LogP contribution in [-0.2, 0) is 11.7 Å². The summed E-state index contributed by atoms with van der Waals surface area (Å²) in [4.78, 5) is 28.2. The van der Waals surface area contributed by atoms with Crippen molar-refractivity contribution >= 4 is 11.6 Å². The summed E-state index contributed by atoms with van der Waals surface area (Å²) < 4.78 is 96.0. The first-order valence-corrected chi connectivity index (χ1v) is 12.1. The Bertz CT molecular complexity index is 1320. The summed E-state index contributed by atoms with van der Waals surface area (Å²) >= 11 is 0. The predicted molar refractivity (Wildman–Crippen MR) is 123 cm³/mol. The maximum Gasteiger partial charge on any atom is 0.419 e. The fourth-order valence-electron chi connectivity index (χ4n) is 5.53. The number of carbonyl (C=O) groups is 1. The van der Waals surface area contributed by atoms with E-state index in [2.05, 4.69) is 15.5 Å². The number of carbonyl (C=O) groups excluding carboxylic acids is 1.